The van der Waals surface area contributed by atoms with E-state index in [1.165, 1.54) is 0 Å². The third-order valence-electron chi connectivity index (χ3n) is 5.46. The molecule has 3 rings (SSSR count). The molecule has 1 heterocycles. The molecule has 1 aliphatic heterocycles. The summed E-state index contributed by atoms with van der Waals surface area (Å²) in [5.74, 6) is 2.95. The summed E-state index contributed by atoms with van der Waals surface area (Å²) in [5.41, 5.74) is 1.50. The highest BCUT2D eigenvalue weighted by Gasteiger charge is 2.26. The second kappa shape index (κ2) is 10.8. The molecule has 8 heteroatoms. The Morgan fingerprint density at radius 1 is 0.844 bits per heavy atom. The lowest BCUT2D eigenvalue weighted by Gasteiger charge is -2.36. The Kier molecular flexibility index (Phi) is 7.92. The molecule has 0 N–H and O–H groups in total. The summed E-state index contributed by atoms with van der Waals surface area (Å²) in [6, 6.07) is 9.22. The van der Waals surface area contributed by atoms with E-state index in [1.807, 2.05) is 30.0 Å². The first kappa shape index (κ1) is 23.4. The molecule has 1 amide bonds. The molecule has 0 saturated carbocycles. The van der Waals surface area contributed by atoms with Gasteiger partial charge in [-0.1, -0.05) is 6.92 Å². The van der Waals surface area contributed by atoms with Gasteiger partial charge in [0, 0.05) is 50.1 Å². The van der Waals surface area contributed by atoms with Crippen molar-refractivity contribution in [2.45, 2.75) is 13.3 Å². The highest BCUT2D eigenvalue weighted by Crippen LogP contribution is 2.41. The molecule has 8 nitrogen and oxygen atoms in total. The van der Waals surface area contributed by atoms with Crippen LogP contribution in [0.25, 0.3) is 0 Å². The first-order chi connectivity index (χ1) is 15.6. The SMILES string of the molecule is CCCOc1ccc(C(=O)N2CCN(c3cc(OC)c(OC)c(OC)c3)CC2)c(OC)c1. The maximum atomic E-state index is 13.2. The molecule has 0 unspecified atom stereocenters. The van der Waals surface area contributed by atoms with Crippen molar-refractivity contribution in [3.63, 3.8) is 0 Å². The largest absolute Gasteiger partial charge is 0.496 e. The molecule has 0 aromatic heterocycles. The summed E-state index contributed by atoms with van der Waals surface area (Å²) < 4.78 is 27.5. The van der Waals surface area contributed by atoms with Crippen LogP contribution < -0.4 is 28.6 Å². The standard InChI is InChI=1S/C24H32N2O6/c1-6-13-32-18-7-8-19(20(16-18)28-2)24(27)26-11-9-25(10-12-26)17-14-21(29-3)23(31-5)22(15-17)30-4/h7-8,14-16H,6,9-13H2,1-5H3. The van der Waals surface area contributed by atoms with Crippen LogP contribution in [0, 0.1) is 0 Å². The average Bonchev–Trinajstić information content (AvgIpc) is 2.85. The number of amides is 1. The zero-order chi connectivity index (χ0) is 23.1. The maximum absolute atomic E-state index is 13.2. The Hall–Kier alpha value is -3.29. The van der Waals surface area contributed by atoms with E-state index in [1.54, 1.807) is 40.6 Å². The van der Waals surface area contributed by atoms with Crippen molar-refractivity contribution >= 4 is 11.6 Å². The minimum absolute atomic E-state index is 0.0477. The summed E-state index contributed by atoms with van der Waals surface area (Å²) in [6.07, 6.45) is 0.916. The van der Waals surface area contributed by atoms with E-state index >= 15 is 0 Å². The quantitative estimate of drug-likeness (QED) is 0.587. The zero-order valence-corrected chi connectivity index (χ0v) is 19.5. The van der Waals surface area contributed by atoms with Crippen molar-refractivity contribution in [2.24, 2.45) is 0 Å². The molecule has 1 fully saturated rings. The Morgan fingerprint density at radius 2 is 1.47 bits per heavy atom. The topological polar surface area (TPSA) is 69.7 Å². The van der Waals surface area contributed by atoms with Crippen molar-refractivity contribution in [3.05, 3.63) is 35.9 Å². The van der Waals surface area contributed by atoms with Crippen LogP contribution in [0.2, 0.25) is 0 Å². The van der Waals surface area contributed by atoms with E-state index in [-0.39, 0.29) is 5.91 Å². The number of anilines is 1. The van der Waals surface area contributed by atoms with Crippen molar-refractivity contribution in [3.8, 4) is 28.7 Å². The molecular formula is C24H32N2O6. The molecule has 0 bridgehead atoms. The molecular weight excluding hydrogens is 412 g/mol. The van der Waals surface area contributed by atoms with E-state index < -0.39 is 0 Å². The molecule has 2 aromatic rings. The van der Waals surface area contributed by atoms with E-state index in [4.69, 9.17) is 23.7 Å². The van der Waals surface area contributed by atoms with Crippen LogP contribution in [0.15, 0.2) is 30.3 Å². The molecule has 0 aliphatic carbocycles. The minimum Gasteiger partial charge on any atom is -0.496 e. The van der Waals surface area contributed by atoms with Gasteiger partial charge in [-0.05, 0) is 18.6 Å². The van der Waals surface area contributed by atoms with Gasteiger partial charge in [-0.15, -0.1) is 0 Å². The summed E-state index contributed by atoms with van der Waals surface area (Å²) >= 11 is 0. The highest BCUT2D eigenvalue weighted by atomic mass is 16.5. The number of carbonyl (C=O) groups is 1. The van der Waals surface area contributed by atoms with Gasteiger partial charge in [0.2, 0.25) is 5.75 Å². The fourth-order valence-corrected chi connectivity index (χ4v) is 3.75. The predicted molar refractivity (Wildman–Crippen MR) is 123 cm³/mol. The summed E-state index contributed by atoms with van der Waals surface area (Å²) in [5, 5.41) is 0. The van der Waals surface area contributed by atoms with Crippen molar-refractivity contribution in [1.82, 2.24) is 4.90 Å². The van der Waals surface area contributed by atoms with Crippen LogP contribution >= 0.6 is 0 Å². The first-order valence-electron chi connectivity index (χ1n) is 10.7. The van der Waals surface area contributed by atoms with Crippen molar-refractivity contribution in [2.75, 3.05) is 66.1 Å². The van der Waals surface area contributed by atoms with Gasteiger partial charge in [0.05, 0.1) is 40.6 Å². The van der Waals surface area contributed by atoms with Gasteiger partial charge in [0.25, 0.3) is 5.91 Å². The van der Waals surface area contributed by atoms with Crippen LogP contribution in [0.3, 0.4) is 0 Å². The number of nitrogens with zero attached hydrogens (tertiary/aromatic N) is 2. The van der Waals surface area contributed by atoms with Gasteiger partial charge >= 0.3 is 0 Å². The van der Waals surface area contributed by atoms with E-state index in [0.29, 0.717) is 67.1 Å². The summed E-state index contributed by atoms with van der Waals surface area (Å²) in [7, 11) is 6.35. The highest BCUT2D eigenvalue weighted by molar-refractivity contribution is 5.97. The van der Waals surface area contributed by atoms with Gasteiger partial charge < -0.3 is 33.5 Å². The first-order valence-corrected chi connectivity index (χ1v) is 10.7. The fraction of sp³-hybridized carbons (Fsp3) is 0.458. The molecule has 0 spiro atoms. The minimum atomic E-state index is -0.0477. The average molecular weight is 445 g/mol. The molecule has 2 aromatic carbocycles. The number of methoxy groups -OCH3 is 4. The van der Waals surface area contributed by atoms with E-state index in [9.17, 15) is 4.79 Å². The number of hydrogen-bond acceptors (Lipinski definition) is 7. The van der Waals surface area contributed by atoms with E-state index in [2.05, 4.69) is 4.90 Å². The number of piperazine rings is 1. The van der Waals surface area contributed by atoms with Crippen LogP contribution in [0.1, 0.15) is 23.7 Å². The number of ether oxygens (including phenoxy) is 5. The lowest BCUT2D eigenvalue weighted by molar-refractivity contribution is 0.0743. The number of carbonyl (C=O) groups excluding carboxylic acids is 1. The number of hydrogen-bond donors (Lipinski definition) is 0. The van der Waals surface area contributed by atoms with Crippen LogP contribution in [0.4, 0.5) is 5.69 Å². The van der Waals surface area contributed by atoms with E-state index in [0.717, 1.165) is 12.1 Å². The molecule has 0 atom stereocenters. The Bertz CT molecular complexity index is 900. The third-order valence-corrected chi connectivity index (χ3v) is 5.46. The molecule has 0 radical (unpaired) electrons. The third kappa shape index (κ3) is 4.95. The molecule has 32 heavy (non-hydrogen) atoms. The van der Waals surface area contributed by atoms with Gasteiger partial charge in [0.15, 0.2) is 11.5 Å². The second-order valence-electron chi connectivity index (χ2n) is 7.37. The molecule has 174 valence electrons. The van der Waals surface area contributed by atoms with Crippen molar-refractivity contribution < 1.29 is 28.5 Å². The van der Waals surface area contributed by atoms with Crippen molar-refractivity contribution in [1.29, 1.82) is 0 Å². The molecule has 1 saturated heterocycles. The normalized spacial score (nSPS) is 13.5. The van der Waals surface area contributed by atoms with Crippen LogP contribution in [-0.2, 0) is 0 Å². The zero-order valence-electron chi connectivity index (χ0n) is 19.5. The van der Waals surface area contributed by atoms with Crippen LogP contribution in [-0.4, -0.2) is 72.0 Å². The smallest absolute Gasteiger partial charge is 0.257 e. The maximum Gasteiger partial charge on any atom is 0.257 e. The van der Waals surface area contributed by atoms with Gasteiger partial charge in [0.1, 0.15) is 11.5 Å². The molecule has 1 aliphatic rings. The Morgan fingerprint density at radius 3 is 2.00 bits per heavy atom. The Balaban J connectivity index is 1.71. The van der Waals surface area contributed by atoms with Gasteiger partial charge in [-0.25, -0.2) is 0 Å². The number of rotatable bonds is 9. The summed E-state index contributed by atoms with van der Waals surface area (Å²) in [4.78, 5) is 17.2. The second-order valence-corrected chi connectivity index (χ2v) is 7.37. The Labute approximate surface area is 189 Å². The lowest BCUT2D eigenvalue weighted by atomic mass is 10.1. The van der Waals surface area contributed by atoms with Gasteiger partial charge in [-0.3, -0.25) is 4.79 Å². The van der Waals surface area contributed by atoms with Gasteiger partial charge in [-0.2, -0.15) is 0 Å². The summed E-state index contributed by atoms with van der Waals surface area (Å²) in [6.45, 7) is 5.22. The lowest BCUT2D eigenvalue weighted by Crippen LogP contribution is -2.48. The predicted octanol–water partition coefficient (Wildman–Crippen LogP) is 3.47. The monoisotopic (exact) mass is 444 g/mol. The fourth-order valence-electron chi connectivity index (χ4n) is 3.75. The van der Waals surface area contributed by atoms with Crippen LogP contribution in [0.5, 0.6) is 28.7 Å². The number of benzene rings is 2.